The van der Waals surface area contributed by atoms with Crippen LogP contribution in [-0.4, -0.2) is 43.4 Å². The van der Waals surface area contributed by atoms with E-state index in [-0.39, 0.29) is 29.9 Å². The molecule has 0 radical (unpaired) electrons. The molecule has 2 N–H and O–H groups in total. The highest BCUT2D eigenvalue weighted by atomic mass is 127. The summed E-state index contributed by atoms with van der Waals surface area (Å²) in [4.78, 5) is 18.2. The standard InChI is InChI=1S/C17H26N4O.HI/c1-3-10-19-16(22)8-11-20-17(18-2)21-12-9-14-6-4-5-7-15(14)13-21;/h4-7H,3,8-13H2,1-2H3,(H,18,20)(H,19,22);1H. The number of aliphatic imine (C=N–C) groups is 1. The van der Waals surface area contributed by atoms with E-state index in [0.717, 1.165) is 38.4 Å². The Morgan fingerprint density at radius 3 is 2.65 bits per heavy atom. The summed E-state index contributed by atoms with van der Waals surface area (Å²) in [6, 6.07) is 8.54. The first-order valence-corrected chi connectivity index (χ1v) is 8.03. The Morgan fingerprint density at radius 2 is 1.96 bits per heavy atom. The molecule has 2 rings (SSSR count). The number of amides is 1. The van der Waals surface area contributed by atoms with E-state index in [9.17, 15) is 4.79 Å². The van der Waals surface area contributed by atoms with E-state index in [1.807, 2.05) is 0 Å². The number of halogens is 1. The molecule has 0 bridgehead atoms. The lowest BCUT2D eigenvalue weighted by Crippen LogP contribution is -2.45. The second-order valence-electron chi connectivity index (χ2n) is 5.51. The average Bonchev–Trinajstić information content (AvgIpc) is 2.56. The minimum absolute atomic E-state index is 0. The largest absolute Gasteiger partial charge is 0.356 e. The minimum Gasteiger partial charge on any atom is -0.356 e. The van der Waals surface area contributed by atoms with Gasteiger partial charge in [-0.15, -0.1) is 24.0 Å². The van der Waals surface area contributed by atoms with Gasteiger partial charge in [0.15, 0.2) is 5.96 Å². The summed E-state index contributed by atoms with van der Waals surface area (Å²) in [5, 5.41) is 6.18. The highest BCUT2D eigenvalue weighted by Gasteiger charge is 2.18. The Hall–Kier alpha value is -1.31. The molecule has 0 aromatic heterocycles. The predicted octanol–water partition coefficient (Wildman–Crippen LogP) is 2.15. The molecule has 1 amide bonds. The number of guanidine groups is 1. The van der Waals surface area contributed by atoms with Gasteiger partial charge in [0.1, 0.15) is 0 Å². The monoisotopic (exact) mass is 430 g/mol. The number of nitrogens with one attached hydrogen (secondary N) is 2. The summed E-state index contributed by atoms with van der Waals surface area (Å²) in [5.41, 5.74) is 2.78. The minimum atomic E-state index is 0. The third kappa shape index (κ3) is 6.01. The highest BCUT2D eigenvalue weighted by molar-refractivity contribution is 14.0. The summed E-state index contributed by atoms with van der Waals surface area (Å²) >= 11 is 0. The molecule has 0 spiro atoms. The van der Waals surface area contributed by atoms with E-state index >= 15 is 0 Å². The van der Waals surface area contributed by atoms with Gasteiger partial charge in [0.25, 0.3) is 0 Å². The van der Waals surface area contributed by atoms with Crippen LogP contribution in [0.25, 0.3) is 0 Å². The average molecular weight is 430 g/mol. The fourth-order valence-corrected chi connectivity index (χ4v) is 2.65. The maximum atomic E-state index is 11.6. The molecule has 1 aromatic carbocycles. The first-order valence-electron chi connectivity index (χ1n) is 8.03. The fraction of sp³-hybridized carbons (Fsp3) is 0.529. The fourth-order valence-electron chi connectivity index (χ4n) is 2.65. The van der Waals surface area contributed by atoms with Crippen molar-refractivity contribution in [1.29, 1.82) is 0 Å². The number of fused-ring (bicyclic) bond motifs is 1. The highest BCUT2D eigenvalue weighted by Crippen LogP contribution is 2.18. The topological polar surface area (TPSA) is 56.7 Å². The van der Waals surface area contributed by atoms with Crippen LogP contribution in [0.4, 0.5) is 0 Å². The van der Waals surface area contributed by atoms with Crippen molar-refractivity contribution in [3.63, 3.8) is 0 Å². The van der Waals surface area contributed by atoms with Gasteiger partial charge in [0.05, 0.1) is 0 Å². The van der Waals surface area contributed by atoms with Crippen molar-refractivity contribution < 1.29 is 4.79 Å². The van der Waals surface area contributed by atoms with Crippen molar-refractivity contribution in [3.05, 3.63) is 35.4 Å². The van der Waals surface area contributed by atoms with Gasteiger partial charge < -0.3 is 15.5 Å². The van der Waals surface area contributed by atoms with Crippen LogP contribution in [0.3, 0.4) is 0 Å². The molecule has 6 heteroatoms. The number of hydrogen-bond donors (Lipinski definition) is 2. The van der Waals surface area contributed by atoms with Crippen LogP contribution in [0.5, 0.6) is 0 Å². The van der Waals surface area contributed by atoms with Crippen LogP contribution in [-0.2, 0) is 17.8 Å². The number of hydrogen-bond acceptors (Lipinski definition) is 2. The van der Waals surface area contributed by atoms with Crippen LogP contribution in [0.2, 0.25) is 0 Å². The number of carbonyl (C=O) groups excluding carboxylic acids is 1. The van der Waals surface area contributed by atoms with E-state index in [1.165, 1.54) is 11.1 Å². The molecule has 0 unspecified atom stereocenters. The first kappa shape index (κ1) is 19.7. The van der Waals surface area contributed by atoms with Crippen LogP contribution in [0.15, 0.2) is 29.3 Å². The van der Waals surface area contributed by atoms with Crippen molar-refractivity contribution in [3.8, 4) is 0 Å². The Morgan fingerprint density at radius 1 is 1.22 bits per heavy atom. The van der Waals surface area contributed by atoms with Gasteiger partial charge in [-0.2, -0.15) is 0 Å². The molecular formula is C17H27IN4O. The summed E-state index contributed by atoms with van der Waals surface area (Å²) in [6.07, 6.45) is 2.48. The van der Waals surface area contributed by atoms with Crippen molar-refractivity contribution in [2.24, 2.45) is 4.99 Å². The van der Waals surface area contributed by atoms with Gasteiger partial charge in [-0.05, 0) is 24.0 Å². The molecule has 0 saturated heterocycles. The zero-order valence-electron chi connectivity index (χ0n) is 14.0. The molecular weight excluding hydrogens is 403 g/mol. The van der Waals surface area contributed by atoms with E-state index in [4.69, 9.17) is 0 Å². The lowest BCUT2D eigenvalue weighted by Gasteiger charge is -2.31. The third-order valence-electron chi connectivity index (χ3n) is 3.85. The number of benzene rings is 1. The molecule has 1 aromatic rings. The smallest absolute Gasteiger partial charge is 0.221 e. The Bertz CT molecular complexity index is 533. The molecule has 5 nitrogen and oxygen atoms in total. The lowest BCUT2D eigenvalue weighted by atomic mass is 10.0. The quantitative estimate of drug-likeness (QED) is 0.428. The molecule has 0 aliphatic carbocycles. The molecule has 1 aliphatic rings. The van der Waals surface area contributed by atoms with Gasteiger partial charge in [-0.3, -0.25) is 9.79 Å². The Kier molecular flexibility index (Phi) is 8.98. The van der Waals surface area contributed by atoms with E-state index in [1.54, 1.807) is 7.05 Å². The van der Waals surface area contributed by atoms with Gasteiger partial charge in [-0.25, -0.2) is 0 Å². The van der Waals surface area contributed by atoms with Gasteiger partial charge >= 0.3 is 0 Å². The van der Waals surface area contributed by atoms with Crippen molar-refractivity contribution in [2.75, 3.05) is 26.7 Å². The maximum Gasteiger partial charge on any atom is 0.221 e. The van der Waals surface area contributed by atoms with Gasteiger partial charge in [-0.1, -0.05) is 31.2 Å². The van der Waals surface area contributed by atoms with E-state index in [0.29, 0.717) is 13.0 Å². The van der Waals surface area contributed by atoms with Gasteiger partial charge in [0, 0.05) is 39.6 Å². The molecule has 0 atom stereocenters. The molecule has 1 heterocycles. The normalized spacial score (nSPS) is 13.8. The zero-order valence-corrected chi connectivity index (χ0v) is 16.3. The van der Waals surface area contributed by atoms with Gasteiger partial charge in [0.2, 0.25) is 5.91 Å². The van der Waals surface area contributed by atoms with E-state index in [2.05, 4.69) is 51.7 Å². The van der Waals surface area contributed by atoms with Crippen LogP contribution in [0, 0.1) is 0 Å². The van der Waals surface area contributed by atoms with Crippen LogP contribution in [0.1, 0.15) is 30.9 Å². The molecule has 23 heavy (non-hydrogen) atoms. The van der Waals surface area contributed by atoms with E-state index < -0.39 is 0 Å². The second kappa shape index (κ2) is 10.5. The number of carbonyl (C=O) groups is 1. The first-order chi connectivity index (χ1) is 10.7. The number of nitrogens with zero attached hydrogens (tertiary/aromatic N) is 2. The van der Waals surface area contributed by atoms with Crippen LogP contribution >= 0.6 is 24.0 Å². The van der Waals surface area contributed by atoms with Crippen molar-refractivity contribution >= 4 is 35.8 Å². The maximum absolute atomic E-state index is 11.6. The second-order valence-corrected chi connectivity index (χ2v) is 5.51. The lowest BCUT2D eigenvalue weighted by molar-refractivity contribution is -0.120. The van der Waals surface area contributed by atoms with Crippen LogP contribution < -0.4 is 10.6 Å². The predicted molar refractivity (Wildman–Crippen MR) is 105 cm³/mol. The Balaban J connectivity index is 0.00000264. The summed E-state index contributed by atoms with van der Waals surface area (Å²) in [5.74, 6) is 0.964. The Labute approximate surface area is 156 Å². The van der Waals surface area contributed by atoms with Crippen molar-refractivity contribution in [2.45, 2.75) is 32.7 Å². The molecule has 1 aliphatic heterocycles. The summed E-state index contributed by atoms with van der Waals surface area (Å²) < 4.78 is 0. The zero-order chi connectivity index (χ0) is 15.8. The SMILES string of the molecule is CCCNC(=O)CCNC(=NC)N1CCc2ccccc2C1.I. The number of rotatable bonds is 5. The molecule has 128 valence electrons. The molecule has 0 fully saturated rings. The third-order valence-corrected chi connectivity index (χ3v) is 3.85. The van der Waals surface area contributed by atoms with Crippen molar-refractivity contribution in [1.82, 2.24) is 15.5 Å². The summed E-state index contributed by atoms with van der Waals surface area (Å²) in [6.45, 7) is 5.24. The molecule has 0 saturated carbocycles. The summed E-state index contributed by atoms with van der Waals surface area (Å²) in [7, 11) is 1.79.